The Morgan fingerprint density at radius 1 is 1.24 bits per heavy atom. The Bertz CT molecular complexity index is 597. The first-order valence-electron chi connectivity index (χ1n) is 6.09. The highest BCUT2D eigenvalue weighted by atomic mass is 32.2. The van der Waals surface area contributed by atoms with Crippen LogP contribution in [0, 0.1) is 0 Å². The van der Waals surface area contributed by atoms with Crippen molar-refractivity contribution in [2.75, 3.05) is 11.5 Å². The van der Waals surface area contributed by atoms with Crippen LogP contribution < -0.4 is 5.56 Å². The van der Waals surface area contributed by atoms with E-state index >= 15 is 0 Å². The molecule has 0 saturated carbocycles. The third kappa shape index (κ3) is 1.84. The van der Waals surface area contributed by atoms with E-state index in [9.17, 15) is 13.2 Å². The topological polar surface area (TPSA) is 71.9 Å². The van der Waals surface area contributed by atoms with Gasteiger partial charge in [-0.25, -0.2) is 13.1 Å². The second kappa shape index (κ2) is 3.73. The summed E-state index contributed by atoms with van der Waals surface area (Å²) in [6.07, 6.45) is 4.47. The summed E-state index contributed by atoms with van der Waals surface area (Å²) in [5.41, 5.74) is 1.90. The molecule has 2 heterocycles. The van der Waals surface area contributed by atoms with Gasteiger partial charge in [-0.15, -0.1) is 0 Å². The minimum atomic E-state index is -2.94. The monoisotopic (exact) mass is 256 g/mol. The molecule has 1 aliphatic heterocycles. The molecule has 0 spiro atoms. The first-order valence-corrected chi connectivity index (χ1v) is 7.92. The average Bonchev–Trinajstić information content (AvgIpc) is 2.81. The van der Waals surface area contributed by atoms with Crippen molar-refractivity contribution in [1.29, 1.82) is 0 Å². The van der Waals surface area contributed by atoms with Crippen LogP contribution in [0.2, 0.25) is 0 Å². The molecular formula is C11H16N2O3S. The molecule has 1 saturated heterocycles. The fourth-order valence-corrected chi connectivity index (χ4v) is 4.54. The van der Waals surface area contributed by atoms with E-state index < -0.39 is 9.84 Å². The van der Waals surface area contributed by atoms with Crippen LogP contribution >= 0.6 is 0 Å². The summed E-state index contributed by atoms with van der Waals surface area (Å²) in [5.74, 6) is 0.306. The fourth-order valence-electron chi connectivity index (χ4n) is 2.84. The highest BCUT2D eigenvalue weighted by Gasteiger charge is 2.32. The normalized spacial score (nSPS) is 26.9. The van der Waals surface area contributed by atoms with Gasteiger partial charge in [0.15, 0.2) is 9.84 Å². The second-order valence-electron chi connectivity index (χ2n) is 5.01. The van der Waals surface area contributed by atoms with Gasteiger partial charge in [0, 0.05) is 11.3 Å². The lowest BCUT2D eigenvalue weighted by atomic mass is 9.98. The van der Waals surface area contributed by atoms with Gasteiger partial charge in [-0.2, -0.15) is 0 Å². The summed E-state index contributed by atoms with van der Waals surface area (Å²) in [5, 5.41) is 3.12. The lowest BCUT2D eigenvalue weighted by Gasteiger charge is -2.08. The van der Waals surface area contributed by atoms with Crippen LogP contribution in [-0.2, 0) is 22.7 Å². The Morgan fingerprint density at radius 2 is 2.00 bits per heavy atom. The Balaban J connectivity index is 1.99. The summed E-state index contributed by atoms with van der Waals surface area (Å²) in [6.45, 7) is 0. The van der Waals surface area contributed by atoms with Gasteiger partial charge in [0.2, 0.25) is 0 Å². The van der Waals surface area contributed by atoms with Crippen LogP contribution in [0.3, 0.4) is 0 Å². The van der Waals surface area contributed by atoms with Crippen molar-refractivity contribution in [3.8, 4) is 0 Å². The molecular weight excluding hydrogens is 240 g/mol. The summed E-state index contributed by atoms with van der Waals surface area (Å²) in [4.78, 5) is 12.1. The molecule has 94 valence electrons. The maximum atomic E-state index is 12.1. The van der Waals surface area contributed by atoms with Gasteiger partial charge in [-0.3, -0.25) is 9.89 Å². The number of hydrogen-bond acceptors (Lipinski definition) is 3. The molecule has 1 aliphatic carbocycles. The van der Waals surface area contributed by atoms with E-state index in [1.165, 1.54) is 0 Å². The first kappa shape index (κ1) is 11.1. The molecule has 0 aromatic carbocycles. The third-order valence-electron chi connectivity index (χ3n) is 3.77. The molecule has 17 heavy (non-hydrogen) atoms. The Labute approximate surface area is 99.7 Å². The van der Waals surface area contributed by atoms with E-state index in [2.05, 4.69) is 5.10 Å². The number of fused-ring (bicyclic) bond motifs is 1. The summed E-state index contributed by atoms with van der Waals surface area (Å²) < 4.78 is 24.4. The van der Waals surface area contributed by atoms with Crippen LogP contribution in [0.4, 0.5) is 0 Å². The van der Waals surface area contributed by atoms with Gasteiger partial charge < -0.3 is 0 Å². The molecule has 2 aliphatic rings. The van der Waals surface area contributed by atoms with Gasteiger partial charge in [-0.1, -0.05) is 0 Å². The zero-order chi connectivity index (χ0) is 12.0. The lowest BCUT2D eigenvalue weighted by Crippen LogP contribution is -2.25. The predicted molar refractivity (Wildman–Crippen MR) is 64.0 cm³/mol. The highest BCUT2D eigenvalue weighted by Crippen LogP contribution is 2.24. The lowest BCUT2D eigenvalue weighted by molar-refractivity contribution is 0.481. The van der Waals surface area contributed by atoms with E-state index in [1.807, 2.05) is 0 Å². The molecule has 1 fully saturated rings. The highest BCUT2D eigenvalue weighted by molar-refractivity contribution is 7.91. The molecule has 0 bridgehead atoms. The maximum absolute atomic E-state index is 12.1. The molecule has 3 rings (SSSR count). The largest absolute Gasteiger partial charge is 0.299 e. The number of aromatic nitrogens is 2. The quantitative estimate of drug-likeness (QED) is 0.791. The van der Waals surface area contributed by atoms with Crippen LogP contribution in [0.25, 0.3) is 0 Å². The number of H-pyrrole nitrogens is 1. The van der Waals surface area contributed by atoms with Crippen molar-refractivity contribution in [2.24, 2.45) is 0 Å². The molecule has 6 heteroatoms. The molecule has 1 atom stereocenters. The number of rotatable bonds is 1. The Morgan fingerprint density at radius 3 is 2.65 bits per heavy atom. The predicted octanol–water partition coefficient (Wildman–Crippen LogP) is 0.415. The van der Waals surface area contributed by atoms with Crippen molar-refractivity contribution in [2.45, 2.75) is 38.1 Å². The van der Waals surface area contributed by atoms with E-state index in [0.29, 0.717) is 6.42 Å². The number of aryl methyl sites for hydroxylation is 1. The summed E-state index contributed by atoms with van der Waals surface area (Å²) >= 11 is 0. The van der Waals surface area contributed by atoms with E-state index in [4.69, 9.17) is 0 Å². The molecule has 0 amide bonds. The zero-order valence-corrected chi connectivity index (χ0v) is 10.4. The number of hydrogen-bond donors (Lipinski definition) is 1. The van der Waals surface area contributed by atoms with Crippen LogP contribution in [0.15, 0.2) is 4.79 Å². The van der Waals surface area contributed by atoms with E-state index in [-0.39, 0.29) is 23.1 Å². The second-order valence-corrected chi connectivity index (χ2v) is 7.24. The Hall–Kier alpha value is -1.04. The number of aromatic amines is 1. The maximum Gasteiger partial charge on any atom is 0.270 e. The summed E-state index contributed by atoms with van der Waals surface area (Å²) in [7, 11) is -2.94. The summed E-state index contributed by atoms with van der Waals surface area (Å²) in [6, 6.07) is -0.182. The van der Waals surface area contributed by atoms with Gasteiger partial charge >= 0.3 is 0 Å². The number of nitrogens with one attached hydrogen (secondary N) is 1. The standard InChI is InChI=1S/C11H16N2O3S/c14-11-9-3-1-2-4-10(9)12-13(11)8-5-6-17(15,16)7-8/h8,12H,1-7H2/t8-/m1/s1. The van der Waals surface area contributed by atoms with Crippen LogP contribution in [0.5, 0.6) is 0 Å². The van der Waals surface area contributed by atoms with E-state index in [1.54, 1.807) is 4.68 Å². The van der Waals surface area contributed by atoms with Gasteiger partial charge in [0.1, 0.15) is 0 Å². The van der Waals surface area contributed by atoms with Crippen molar-refractivity contribution in [3.05, 3.63) is 21.6 Å². The van der Waals surface area contributed by atoms with Crippen molar-refractivity contribution in [1.82, 2.24) is 9.78 Å². The molecule has 1 aromatic rings. The number of nitrogens with zero attached hydrogens (tertiary/aromatic N) is 1. The van der Waals surface area contributed by atoms with Gasteiger partial charge in [0.25, 0.3) is 5.56 Å². The molecule has 0 unspecified atom stereocenters. The first-order chi connectivity index (χ1) is 8.07. The SMILES string of the molecule is O=c1c2c([nH]n1[C@@H]1CCS(=O)(=O)C1)CCCC2. The molecule has 1 aromatic heterocycles. The zero-order valence-electron chi connectivity index (χ0n) is 9.61. The minimum Gasteiger partial charge on any atom is -0.299 e. The smallest absolute Gasteiger partial charge is 0.270 e. The molecule has 5 nitrogen and oxygen atoms in total. The van der Waals surface area contributed by atoms with Crippen molar-refractivity contribution in [3.63, 3.8) is 0 Å². The van der Waals surface area contributed by atoms with Crippen molar-refractivity contribution >= 4 is 9.84 Å². The van der Waals surface area contributed by atoms with Crippen molar-refractivity contribution < 1.29 is 8.42 Å². The Kier molecular flexibility index (Phi) is 2.43. The third-order valence-corrected chi connectivity index (χ3v) is 5.52. The van der Waals surface area contributed by atoms with Crippen LogP contribution in [0.1, 0.15) is 36.6 Å². The van der Waals surface area contributed by atoms with Gasteiger partial charge in [0.05, 0.1) is 17.5 Å². The van der Waals surface area contributed by atoms with E-state index in [0.717, 1.165) is 36.9 Å². The molecule has 0 radical (unpaired) electrons. The van der Waals surface area contributed by atoms with Gasteiger partial charge in [-0.05, 0) is 32.1 Å². The van der Waals surface area contributed by atoms with Crippen LogP contribution in [-0.4, -0.2) is 29.7 Å². The molecule has 1 N–H and O–H groups in total. The minimum absolute atomic E-state index is 0.00167. The number of sulfone groups is 1. The average molecular weight is 256 g/mol. The fraction of sp³-hybridized carbons (Fsp3) is 0.727.